The molecular formula is C26H21BrN4O6. The summed E-state index contributed by atoms with van der Waals surface area (Å²) in [6.45, 7) is 2.06. The number of nitrogens with zero attached hydrogens (tertiary/aromatic N) is 1. The number of benzene rings is 3. The lowest BCUT2D eigenvalue weighted by molar-refractivity contribution is -0.385. The number of phenolic OH excluding ortho intramolecular Hbond substituents is 1. The second-order valence-corrected chi connectivity index (χ2v) is 8.94. The summed E-state index contributed by atoms with van der Waals surface area (Å²) in [6.07, 6.45) is 1.36. The minimum atomic E-state index is -0.817. The summed E-state index contributed by atoms with van der Waals surface area (Å²) in [5.41, 5.74) is 6.93. The van der Waals surface area contributed by atoms with E-state index >= 15 is 0 Å². The molecule has 1 aromatic heterocycles. The van der Waals surface area contributed by atoms with Crippen LogP contribution in [-0.2, 0) is 0 Å². The second-order valence-electron chi connectivity index (χ2n) is 8.03. The highest BCUT2D eigenvalue weighted by atomic mass is 79.9. The lowest BCUT2D eigenvalue weighted by Crippen LogP contribution is -2.41. The molecule has 1 atom stereocenters. The van der Waals surface area contributed by atoms with Crippen LogP contribution in [0.4, 0.5) is 11.4 Å². The summed E-state index contributed by atoms with van der Waals surface area (Å²) in [5, 5.41) is 23.9. The van der Waals surface area contributed by atoms with Crippen LogP contribution >= 0.6 is 15.9 Å². The van der Waals surface area contributed by atoms with Crippen LogP contribution in [0.5, 0.6) is 5.75 Å². The van der Waals surface area contributed by atoms with Gasteiger partial charge in [-0.25, -0.2) is 0 Å². The summed E-state index contributed by atoms with van der Waals surface area (Å²) < 4.78 is 6.35. The van der Waals surface area contributed by atoms with E-state index in [1.54, 1.807) is 6.07 Å². The number of hydrogen-bond acceptors (Lipinski definition) is 7. The van der Waals surface area contributed by atoms with Crippen LogP contribution < -0.4 is 16.2 Å². The van der Waals surface area contributed by atoms with Crippen LogP contribution in [-0.4, -0.2) is 21.8 Å². The average Bonchev–Trinajstić information content (AvgIpc) is 3.38. The SMILES string of the molecule is CC(Nc1ccc(-c2ccoc2C(=O)NNC(=O)c2ccc(O)c([N+](=O)[O-])c2)cc1)c1ccc(Br)cc1. The fraction of sp³-hybridized carbons (Fsp3) is 0.0769. The average molecular weight is 565 g/mol. The molecule has 4 aromatic rings. The highest BCUT2D eigenvalue weighted by Gasteiger charge is 2.20. The maximum Gasteiger partial charge on any atom is 0.311 e. The van der Waals surface area contributed by atoms with Crippen molar-refractivity contribution in [1.29, 1.82) is 0 Å². The number of nitrogens with one attached hydrogen (secondary N) is 3. The molecule has 10 nitrogen and oxygen atoms in total. The minimum Gasteiger partial charge on any atom is -0.502 e. The van der Waals surface area contributed by atoms with E-state index < -0.39 is 28.2 Å². The third kappa shape index (κ3) is 5.96. The number of nitro groups is 1. The molecule has 4 rings (SSSR count). The number of halogens is 1. The van der Waals surface area contributed by atoms with Gasteiger partial charge in [-0.2, -0.15) is 0 Å². The van der Waals surface area contributed by atoms with Gasteiger partial charge in [-0.1, -0.05) is 40.2 Å². The van der Waals surface area contributed by atoms with Gasteiger partial charge in [0.25, 0.3) is 5.91 Å². The standard InChI is InChI=1S/C26H21BrN4O6/c1-15(16-2-7-19(27)8-3-16)28-20-9-4-17(5-10-20)21-12-13-37-24(21)26(34)30-29-25(33)18-6-11-23(32)22(14-18)31(35)36/h2-15,28,32H,1H3,(H,29,33)(H,30,34). The van der Waals surface area contributed by atoms with Gasteiger partial charge in [0.05, 0.1) is 11.2 Å². The zero-order valence-corrected chi connectivity index (χ0v) is 21.0. The Labute approximate surface area is 219 Å². The Morgan fingerprint density at radius 3 is 2.32 bits per heavy atom. The molecule has 188 valence electrons. The number of carbonyl (C=O) groups is 2. The molecule has 0 saturated carbocycles. The summed E-state index contributed by atoms with van der Waals surface area (Å²) >= 11 is 3.43. The van der Waals surface area contributed by atoms with E-state index in [-0.39, 0.29) is 17.4 Å². The number of amides is 2. The highest BCUT2D eigenvalue weighted by molar-refractivity contribution is 9.10. The van der Waals surface area contributed by atoms with Crippen LogP contribution in [0, 0.1) is 10.1 Å². The Hall–Kier alpha value is -4.64. The van der Waals surface area contributed by atoms with E-state index in [0.717, 1.165) is 33.4 Å². The smallest absolute Gasteiger partial charge is 0.311 e. The monoisotopic (exact) mass is 564 g/mol. The largest absolute Gasteiger partial charge is 0.502 e. The van der Waals surface area contributed by atoms with Crippen molar-refractivity contribution >= 4 is 39.1 Å². The van der Waals surface area contributed by atoms with Crippen molar-refractivity contribution in [1.82, 2.24) is 10.9 Å². The van der Waals surface area contributed by atoms with Crippen LogP contribution in [0.25, 0.3) is 11.1 Å². The molecular weight excluding hydrogens is 544 g/mol. The third-order valence-corrected chi connectivity index (χ3v) is 6.07. The van der Waals surface area contributed by atoms with Gasteiger partial charge < -0.3 is 14.8 Å². The first-order chi connectivity index (χ1) is 17.7. The molecule has 0 bridgehead atoms. The van der Waals surface area contributed by atoms with Gasteiger partial charge in [-0.3, -0.25) is 30.6 Å². The number of aromatic hydroxyl groups is 1. The number of hydrazine groups is 1. The van der Waals surface area contributed by atoms with Gasteiger partial charge in [-0.15, -0.1) is 0 Å². The summed E-state index contributed by atoms with van der Waals surface area (Å²) in [5.74, 6) is -2.12. The maximum atomic E-state index is 12.7. The molecule has 4 N–H and O–H groups in total. The first-order valence-corrected chi connectivity index (χ1v) is 11.8. The maximum absolute atomic E-state index is 12.7. The molecule has 37 heavy (non-hydrogen) atoms. The molecule has 1 heterocycles. The molecule has 3 aromatic carbocycles. The van der Waals surface area contributed by atoms with Crippen molar-refractivity contribution in [2.45, 2.75) is 13.0 Å². The molecule has 2 amide bonds. The number of phenols is 1. The Morgan fingerprint density at radius 1 is 0.973 bits per heavy atom. The number of anilines is 1. The van der Waals surface area contributed by atoms with E-state index in [2.05, 4.69) is 39.0 Å². The van der Waals surface area contributed by atoms with Crippen LogP contribution in [0.15, 0.2) is 87.9 Å². The summed E-state index contributed by atoms with van der Waals surface area (Å²) in [4.78, 5) is 35.2. The van der Waals surface area contributed by atoms with Gasteiger partial charge in [0.2, 0.25) is 5.76 Å². The van der Waals surface area contributed by atoms with E-state index in [4.69, 9.17) is 4.42 Å². The van der Waals surface area contributed by atoms with Crippen LogP contribution in [0.1, 0.15) is 39.4 Å². The Balaban J connectivity index is 1.41. The first kappa shape index (κ1) is 25.5. The van der Waals surface area contributed by atoms with Crippen molar-refractivity contribution in [2.24, 2.45) is 0 Å². The summed E-state index contributed by atoms with van der Waals surface area (Å²) in [7, 11) is 0. The van der Waals surface area contributed by atoms with Crippen molar-refractivity contribution < 1.29 is 24.0 Å². The quantitative estimate of drug-likeness (QED) is 0.169. The fourth-order valence-electron chi connectivity index (χ4n) is 3.60. The molecule has 1 unspecified atom stereocenters. The molecule has 0 saturated heterocycles. The van der Waals surface area contributed by atoms with Crippen molar-refractivity contribution in [2.75, 3.05) is 5.32 Å². The number of carbonyl (C=O) groups excluding carboxylic acids is 2. The van der Waals surface area contributed by atoms with Gasteiger partial charge in [-0.05, 0) is 60.5 Å². The van der Waals surface area contributed by atoms with Gasteiger partial charge in [0.1, 0.15) is 0 Å². The number of rotatable bonds is 7. The molecule has 0 radical (unpaired) electrons. The topological polar surface area (TPSA) is 147 Å². The van der Waals surface area contributed by atoms with Crippen molar-refractivity contribution in [3.05, 3.63) is 111 Å². The zero-order chi connectivity index (χ0) is 26.5. The number of hydrogen-bond donors (Lipinski definition) is 4. The van der Waals surface area contributed by atoms with Crippen molar-refractivity contribution in [3.63, 3.8) is 0 Å². The summed E-state index contributed by atoms with van der Waals surface area (Å²) in [6, 6.07) is 20.3. The van der Waals surface area contributed by atoms with E-state index in [9.17, 15) is 24.8 Å². The van der Waals surface area contributed by atoms with Gasteiger partial charge in [0, 0.05) is 33.4 Å². The van der Waals surface area contributed by atoms with Crippen molar-refractivity contribution in [3.8, 4) is 16.9 Å². The predicted molar refractivity (Wildman–Crippen MR) is 140 cm³/mol. The first-order valence-electron chi connectivity index (χ1n) is 11.0. The van der Waals surface area contributed by atoms with E-state index in [0.29, 0.717) is 5.56 Å². The zero-order valence-electron chi connectivity index (χ0n) is 19.4. The van der Waals surface area contributed by atoms with E-state index in [1.807, 2.05) is 48.5 Å². The Kier molecular flexibility index (Phi) is 7.54. The fourth-order valence-corrected chi connectivity index (χ4v) is 3.86. The third-order valence-electron chi connectivity index (χ3n) is 5.54. The molecule has 0 fully saturated rings. The molecule has 0 spiro atoms. The Morgan fingerprint density at radius 2 is 1.65 bits per heavy atom. The number of nitro benzene ring substituents is 1. The molecule has 11 heteroatoms. The molecule has 0 aliphatic carbocycles. The number of furan rings is 1. The lowest BCUT2D eigenvalue weighted by atomic mass is 10.0. The van der Waals surface area contributed by atoms with Crippen LogP contribution in [0.3, 0.4) is 0 Å². The van der Waals surface area contributed by atoms with Gasteiger partial charge in [0.15, 0.2) is 5.75 Å². The normalized spacial score (nSPS) is 11.4. The second kappa shape index (κ2) is 11.0. The van der Waals surface area contributed by atoms with Gasteiger partial charge >= 0.3 is 11.6 Å². The lowest BCUT2D eigenvalue weighted by Gasteiger charge is -2.16. The van der Waals surface area contributed by atoms with E-state index in [1.165, 1.54) is 12.3 Å². The van der Waals surface area contributed by atoms with Crippen LogP contribution in [0.2, 0.25) is 0 Å². The molecule has 0 aliphatic heterocycles. The predicted octanol–water partition coefficient (Wildman–Crippen LogP) is 5.57. The Bertz CT molecular complexity index is 1450. The highest BCUT2D eigenvalue weighted by Crippen LogP contribution is 2.28. The molecule has 0 aliphatic rings. The minimum absolute atomic E-state index is 0.0269.